The number of hydrogen-bond acceptors (Lipinski definition) is 5. The van der Waals surface area contributed by atoms with Gasteiger partial charge in [-0.1, -0.05) is 0 Å². The van der Waals surface area contributed by atoms with Crippen LogP contribution in [0.25, 0.3) is 0 Å². The van der Waals surface area contributed by atoms with Crippen LogP contribution in [0.2, 0.25) is 0 Å². The first-order valence-electron chi connectivity index (χ1n) is 8.16. The third-order valence-electron chi connectivity index (χ3n) is 4.21. The van der Waals surface area contributed by atoms with Crippen LogP contribution < -0.4 is 10.6 Å². The Bertz CT molecular complexity index is 540. The number of piperidine rings is 1. The van der Waals surface area contributed by atoms with E-state index in [1.165, 1.54) is 5.56 Å². The third kappa shape index (κ3) is 5.88. The van der Waals surface area contributed by atoms with E-state index < -0.39 is 5.91 Å². The van der Waals surface area contributed by atoms with Crippen LogP contribution in [0.1, 0.15) is 37.7 Å². The largest absolute Gasteiger partial charge is 0.456 e. The molecule has 0 spiro atoms. The number of rotatable bonds is 7. The summed E-state index contributed by atoms with van der Waals surface area (Å²) in [6.45, 7) is 3.77. The van der Waals surface area contributed by atoms with Gasteiger partial charge in [-0.15, -0.1) is 0 Å². The minimum atomic E-state index is -0.615. The molecule has 126 valence electrons. The highest BCUT2D eigenvalue weighted by Gasteiger charge is 2.20. The van der Waals surface area contributed by atoms with Crippen molar-refractivity contribution in [2.75, 3.05) is 24.6 Å². The van der Waals surface area contributed by atoms with E-state index >= 15 is 0 Å². The molecular weight excluding hydrogens is 294 g/mol. The maximum atomic E-state index is 11.4. The van der Waals surface area contributed by atoms with Crippen LogP contribution in [0.3, 0.4) is 0 Å². The van der Waals surface area contributed by atoms with Crippen LogP contribution in [0.5, 0.6) is 0 Å². The van der Waals surface area contributed by atoms with Crippen LogP contribution in [0.4, 0.5) is 5.82 Å². The van der Waals surface area contributed by atoms with Crippen molar-refractivity contribution in [2.45, 2.75) is 39.0 Å². The fourth-order valence-electron chi connectivity index (χ4n) is 2.90. The second-order valence-electron chi connectivity index (χ2n) is 6.14. The van der Waals surface area contributed by atoms with Gasteiger partial charge in [0, 0.05) is 25.7 Å². The van der Waals surface area contributed by atoms with Gasteiger partial charge in [0.1, 0.15) is 5.82 Å². The summed E-state index contributed by atoms with van der Waals surface area (Å²) >= 11 is 0. The lowest BCUT2D eigenvalue weighted by Gasteiger charge is -2.33. The maximum absolute atomic E-state index is 11.4. The SMILES string of the molecule is Cc1ccnc(N2CCC(CCCC(=O)OCC(N)=O)CC2)c1. The van der Waals surface area contributed by atoms with Crippen molar-refractivity contribution in [2.24, 2.45) is 11.7 Å². The number of carbonyl (C=O) groups excluding carboxylic acids is 2. The first-order valence-corrected chi connectivity index (χ1v) is 8.16. The molecule has 23 heavy (non-hydrogen) atoms. The smallest absolute Gasteiger partial charge is 0.306 e. The van der Waals surface area contributed by atoms with E-state index in [0.29, 0.717) is 12.3 Å². The van der Waals surface area contributed by atoms with Gasteiger partial charge in [0.05, 0.1) is 0 Å². The molecule has 0 aromatic carbocycles. The molecule has 0 aliphatic carbocycles. The zero-order valence-electron chi connectivity index (χ0n) is 13.7. The molecule has 0 bridgehead atoms. The molecular formula is C17H25N3O3. The monoisotopic (exact) mass is 319 g/mol. The Morgan fingerprint density at radius 2 is 2.13 bits per heavy atom. The average molecular weight is 319 g/mol. The van der Waals surface area contributed by atoms with Crippen LogP contribution in [-0.2, 0) is 14.3 Å². The number of nitrogens with zero attached hydrogens (tertiary/aromatic N) is 2. The van der Waals surface area contributed by atoms with E-state index in [-0.39, 0.29) is 12.6 Å². The number of aromatic nitrogens is 1. The second-order valence-corrected chi connectivity index (χ2v) is 6.14. The third-order valence-corrected chi connectivity index (χ3v) is 4.21. The molecule has 1 aromatic heterocycles. The summed E-state index contributed by atoms with van der Waals surface area (Å²) in [5.41, 5.74) is 6.16. The van der Waals surface area contributed by atoms with Crippen LogP contribution >= 0.6 is 0 Å². The predicted molar refractivity (Wildman–Crippen MR) is 87.9 cm³/mol. The van der Waals surface area contributed by atoms with Gasteiger partial charge in [-0.3, -0.25) is 9.59 Å². The molecule has 1 aromatic rings. The van der Waals surface area contributed by atoms with Gasteiger partial charge in [0.2, 0.25) is 0 Å². The molecule has 1 amide bonds. The van der Waals surface area contributed by atoms with Gasteiger partial charge in [-0.25, -0.2) is 4.98 Å². The first kappa shape index (κ1) is 17.2. The highest BCUT2D eigenvalue weighted by molar-refractivity contribution is 5.78. The summed E-state index contributed by atoms with van der Waals surface area (Å²) in [4.78, 5) is 28.7. The van der Waals surface area contributed by atoms with Gasteiger partial charge in [0.15, 0.2) is 6.61 Å². The number of carbonyl (C=O) groups is 2. The first-order chi connectivity index (χ1) is 11.0. The molecule has 2 heterocycles. The van der Waals surface area contributed by atoms with E-state index in [1.54, 1.807) is 0 Å². The summed E-state index contributed by atoms with van der Waals surface area (Å²) in [5.74, 6) is 0.735. The average Bonchev–Trinajstić information content (AvgIpc) is 2.53. The standard InChI is InChI=1S/C17H25N3O3/c1-13-5-8-19-16(11-13)20-9-6-14(7-10-20)3-2-4-17(22)23-12-15(18)21/h5,8,11,14H,2-4,6-7,9-10,12H2,1H3,(H2,18,21). The van der Waals surface area contributed by atoms with Crippen LogP contribution in [0, 0.1) is 12.8 Å². The Labute approximate surface area is 137 Å². The highest BCUT2D eigenvalue weighted by atomic mass is 16.5. The Morgan fingerprint density at radius 3 is 2.78 bits per heavy atom. The Balaban J connectivity index is 1.65. The van der Waals surface area contributed by atoms with Crippen LogP contribution in [-0.4, -0.2) is 36.6 Å². The quantitative estimate of drug-likeness (QED) is 0.775. The molecule has 1 saturated heterocycles. The maximum Gasteiger partial charge on any atom is 0.306 e. The van der Waals surface area contributed by atoms with Crippen molar-refractivity contribution >= 4 is 17.7 Å². The summed E-state index contributed by atoms with van der Waals surface area (Å²) in [7, 11) is 0. The lowest BCUT2D eigenvalue weighted by molar-refractivity contribution is -0.147. The number of nitrogens with two attached hydrogens (primary N) is 1. The van der Waals surface area contributed by atoms with E-state index in [0.717, 1.165) is 44.6 Å². The topological polar surface area (TPSA) is 85.5 Å². The molecule has 0 radical (unpaired) electrons. The summed E-state index contributed by atoms with van der Waals surface area (Å²) in [5, 5.41) is 0. The zero-order valence-corrected chi connectivity index (χ0v) is 13.7. The zero-order chi connectivity index (χ0) is 16.7. The fourth-order valence-corrected chi connectivity index (χ4v) is 2.90. The van der Waals surface area contributed by atoms with Gasteiger partial charge in [-0.05, 0) is 56.2 Å². The molecule has 1 aliphatic heterocycles. The molecule has 1 fully saturated rings. The summed E-state index contributed by atoms with van der Waals surface area (Å²) in [6.07, 6.45) is 6.25. The normalized spacial score (nSPS) is 15.4. The summed E-state index contributed by atoms with van der Waals surface area (Å²) in [6, 6.07) is 4.13. The van der Waals surface area contributed by atoms with E-state index in [9.17, 15) is 9.59 Å². The fraction of sp³-hybridized carbons (Fsp3) is 0.588. The molecule has 0 atom stereocenters. The molecule has 6 heteroatoms. The number of pyridine rings is 1. The molecule has 0 unspecified atom stereocenters. The molecule has 1 aliphatic rings. The van der Waals surface area contributed by atoms with Crippen molar-refractivity contribution in [3.05, 3.63) is 23.9 Å². The minimum Gasteiger partial charge on any atom is -0.456 e. The van der Waals surface area contributed by atoms with E-state index in [2.05, 4.69) is 22.9 Å². The van der Waals surface area contributed by atoms with Crippen LogP contribution in [0.15, 0.2) is 18.3 Å². The van der Waals surface area contributed by atoms with E-state index in [4.69, 9.17) is 10.5 Å². The number of hydrogen-bond donors (Lipinski definition) is 1. The van der Waals surface area contributed by atoms with Crippen molar-refractivity contribution in [1.82, 2.24) is 4.98 Å². The minimum absolute atomic E-state index is 0.319. The molecule has 2 N–H and O–H groups in total. The Morgan fingerprint density at radius 1 is 1.39 bits per heavy atom. The highest BCUT2D eigenvalue weighted by Crippen LogP contribution is 2.25. The number of amides is 1. The van der Waals surface area contributed by atoms with Crippen molar-refractivity contribution in [1.29, 1.82) is 0 Å². The number of anilines is 1. The van der Waals surface area contributed by atoms with Crippen molar-refractivity contribution in [3.8, 4) is 0 Å². The molecule has 2 rings (SSSR count). The second kappa shape index (κ2) is 8.50. The van der Waals surface area contributed by atoms with Gasteiger partial charge < -0.3 is 15.4 Å². The number of primary amides is 1. The molecule has 0 saturated carbocycles. The van der Waals surface area contributed by atoms with Crippen molar-refractivity contribution < 1.29 is 14.3 Å². The predicted octanol–water partition coefficient (Wildman–Crippen LogP) is 1.81. The number of esters is 1. The number of ether oxygens (including phenoxy) is 1. The van der Waals surface area contributed by atoms with Crippen molar-refractivity contribution in [3.63, 3.8) is 0 Å². The van der Waals surface area contributed by atoms with Gasteiger partial charge in [-0.2, -0.15) is 0 Å². The molecule has 6 nitrogen and oxygen atoms in total. The van der Waals surface area contributed by atoms with Gasteiger partial charge >= 0.3 is 5.97 Å². The Hall–Kier alpha value is -2.11. The Kier molecular flexibility index (Phi) is 6.38. The van der Waals surface area contributed by atoms with Gasteiger partial charge in [0.25, 0.3) is 5.91 Å². The number of aryl methyl sites for hydroxylation is 1. The summed E-state index contributed by atoms with van der Waals surface area (Å²) < 4.78 is 4.75. The lowest BCUT2D eigenvalue weighted by atomic mass is 9.91. The lowest BCUT2D eigenvalue weighted by Crippen LogP contribution is -2.34. The van der Waals surface area contributed by atoms with E-state index in [1.807, 2.05) is 12.3 Å².